The van der Waals surface area contributed by atoms with Crippen LogP contribution in [0.1, 0.15) is 43.9 Å². The monoisotopic (exact) mass is 600 g/mol. The number of halogens is 4. The number of piperidine rings is 1. The SMILES string of the molecule is C=C1CCN([C@H](C)[C@](O)(Cn2c[n+]([C@H](C)[C@](O)(Cn3cncn3)c3ccc(F)cc3F)cn2)c2ccc(F)cc2F)CC1. The fraction of sp³-hybridized carbons (Fsp3) is 0.400. The average molecular weight is 601 g/mol. The molecule has 13 heteroatoms. The third kappa shape index (κ3) is 6.10. The highest BCUT2D eigenvalue weighted by atomic mass is 19.1. The van der Waals surface area contributed by atoms with Crippen LogP contribution in [0.2, 0.25) is 0 Å². The summed E-state index contributed by atoms with van der Waals surface area (Å²) in [5.74, 6) is -3.40. The van der Waals surface area contributed by atoms with Crippen molar-refractivity contribution in [3.8, 4) is 0 Å². The van der Waals surface area contributed by atoms with Gasteiger partial charge in [0.25, 0.3) is 6.33 Å². The quantitative estimate of drug-likeness (QED) is 0.165. The highest BCUT2D eigenvalue weighted by Gasteiger charge is 2.46. The highest BCUT2D eigenvalue weighted by Crippen LogP contribution is 2.36. The molecule has 0 spiro atoms. The van der Waals surface area contributed by atoms with E-state index < -0.39 is 46.6 Å². The molecule has 0 saturated carbocycles. The molecule has 0 unspecified atom stereocenters. The third-order valence-electron chi connectivity index (χ3n) is 8.55. The van der Waals surface area contributed by atoms with Crippen LogP contribution in [-0.4, -0.2) is 58.8 Å². The zero-order chi connectivity index (χ0) is 30.9. The van der Waals surface area contributed by atoms with Crippen molar-refractivity contribution in [1.82, 2.24) is 29.4 Å². The van der Waals surface area contributed by atoms with E-state index >= 15 is 8.78 Å². The Balaban J connectivity index is 1.50. The maximum Gasteiger partial charge on any atom is 0.265 e. The predicted octanol–water partition coefficient (Wildman–Crippen LogP) is 3.40. The summed E-state index contributed by atoms with van der Waals surface area (Å²) in [6.07, 6.45) is 6.98. The molecule has 43 heavy (non-hydrogen) atoms. The lowest BCUT2D eigenvalue weighted by Gasteiger charge is -2.42. The maximum atomic E-state index is 15.2. The standard InChI is InChI=1S/C30H34F4N7O2/c1-20-8-10-38(11-9-20)21(2)30(43,26-7-5-24(32)13-28(26)34)15-41-19-39(18-37-41)22(3)29(42,14-40-17-35-16-36-40)25-6-4-23(31)12-27(25)33/h4-7,12-13,16-19,21-22,42-43H,1,8-11,14-15H2,2-3H3/q+1/t21-,22-,29-,30-/m1/s1. The Hall–Kier alpha value is -3.94. The first-order chi connectivity index (χ1) is 20.4. The lowest BCUT2D eigenvalue weighted by Crippen LogP contribution is -2.54. The molecule has 4 aromatic rings. The minimum atomic E-state index is -1.95. The number of likely N-dealkylation sites (tertiary alicyclic amines) is 1. The molecular formula is C30H34F4N7O2+. The molecule has 4 atom stereocenters. The first-order valence-electron chi connectivity index (χ1n) is 13.9. The van der Waals surface area contributed by atoms with Crippen molar-refractivity contribution >= 4 is 0 Å². The van der Waals surface area contributed by atoms with Crippen LogP contribution in [0.15, 0.2) is 73.9 Å². The second-order valence-electron chi connectivity index (χ2n) is 11.2. The van der Waals surface area contributed by atoms with Crippen molar-refractivity contribution in [2.75, 3.05) is 13.1 Å². The zero-order valence-electron chi connectivity index (χ0n) is 23.9. The van der Waals surface area contributed by atoms with E-state index in [0.717, 1.165) is 36.6 Å². The minimum Gasteiger partial charge on any atom is -0.380 e. The van der Waals surface area contributed by atoms with Gasteiger partial charge < -0.3 is 10.2 Å². The van der Waals surface area contributed by atoms with E-state index in [-0.39, 0.29) is 24.2 Å². The smallest absolute Gasteiger partial charge is 0.265 e. The molecule has 0 bridgehead atoms. The van der Waals surface area contributed by atoms with Crippen molar-refractivity contribution in [3.63, 3.8) is 0 Å². The molecule has 2 aromatic heterocycles. The Morgan fingerprint density at radius 2 is 1.47 bits per heavy atom. The maximum absolute atomic E-state index is 15.2. The van der Waals surface area contributed by atoms with Gasteiger partial charge in [-0.05, 0) is 38.8 Å². The number of rotatable bonds is 10. The lowest BCUT2D eigenvalue weighted by atomic mass is 9.84. The number of aromatic nitrogens is 6. The largest absolute Gasteiger partial charge is 0.380 e. The molecule has 1 aliphatic heterocycles. The number of hydrogen-bond acceptors (Lipinski definition) is 6. The summed E-state index contributed by atoms with van der Waals surface area (Å²) < 4.78 is 62.1. The fourth-order valence-corrected chi connectivity index (χ4v) is 5.77. The van der Waals surface area contributed by atoms with Gasteiger partial charge in [0.2, 0.25) is 6.33 Å². The van der Waals surface area contributed by atoms with E-state index in [1.165, 1.54) is 51.4 Å². The molecule has 9 nitrogen and oxygen atoms in total. The normalized spacial score (nSPS) is 18.7. The Morgan fingerprint density at radius 3 is 2.02 bits per heavy atom. The van der Waals surface area contributed by atoms with Crippen LogP contribution in [0.3, 0.4) is 0 Å². The van der Waals surface area contributed by atoms with Crippen LogP contribution in [0.4, 0.5) is 17.6 Å². The topological polar surface area (TPSA) is 96.1 Å². The van der Waals surface area contributed by atoms with Crippen LogP contribution < -0.4 is 4.57 Å². The molecule has 1 aliphatic rings. The molecule has 1 fully saturated rings. The molecule has 228 valence electrons. The fourth-order valence-electron chi connectivity index (χ4n) is 5.77. The highest BCUT2D eigenvalue weighted by molar-refractivity contribution is 5.28. The molecular weight excluding hydrogens is 566 g/mol. The van der Waals surface area contributed by atoms with Gasteiger partial charge in [0.15, 0.2) is 0 Å². The Morgan fingerprint density at radius 1 is 0.884 bits per heavy atom. The van der Waals surface area contributed by atoms with Crippen LogP contribution in [-0.2, 0) is 24.3 Å². The predicted molar refractivity (Wildman–Crippen MR) is 147 cm³/mol. The molecule has 0 aliphatic carbocycles. The van der Waals surface area contributed by atoms with Crippen molar-refractivity contribution < 1.29 is 32.3 Å². The Labute approximate surface area is 246 Å². The first-order valence-corrected chi connectivity index (χ1v) is 13.9. The second-order valence-corrected chi connectivity index (χ2v) is 11.2. The lowest BCUT2D eigenvalue weighted by molar-refractivity contribution is -0.737. The molecule has 0 amide bonds. The first kappa shape index (κ1) is 30.5. The van der Waals surface area contributed by atoms with Gasteiger partial charge in [-0.15, -0.1) is 4.68 Å². The summed E-state index contributed by atoms with van der Waals surface area (Å²) >= 11 is 0. The number of hydrogen-bond donors (Lipinski definition) is 2. The number of benzene rings is 2. The van der Waals surface area contributed by atoms with Gasteiger partial charge in [-0.2, -0.15) is 5.10 Å². The molecule has 2 aromatic carbocycles. The van der Waals surface area contributed by atoms with Crippen LogP contribution in [0, 0.1) is 23.3 Å². The van der Waals surface area contributed by atoms with Crippen LogP contribution in [0.25, 0.3) is 0 Å². The van der Waals surface area contributed by atoms with Gasteiger partial charge in [0.1, 0.15) is 59.7 Å². The summed E-state index contributed by atoms with van der Waals surface area (Å²) in [5, 5.41) is 32.5. The van der Waals surface area contributed by atoms with E-state index in [2.05, 4.69) is 21.8 Å². The van der Waals surface area contributed by atoms with Crippen molar-refractivity contribution in [3.05, 3.63) is 108 Å². The van der Waals surface area contributed by atoms with Gasteiger partial charge in [-0.1, -0.05) is 24.3 Å². The molecule has 3 heterocycles. The average Bonchev–Trinajstić information content (AvgIpc) is 3.64. The zero-order valence-corrected chi connectivity index (χ0v) is 23.9. The van der Waals surface area contributed by atoms with E-state index in [9.17, 15) is 19.0 Å². The second kappa shape index (κ2) is 12.0. The molecule has 5 rings (SSSR count). The van der Waals surface area contributed by atoms with Crippen LogP contribution in [0.5, 0.6) is 0 Å². The summed E-state index contributed by atoms with van der Waals surface area (Å²) in [4.78, 5) is 5.92. The Bertz CT molecular complexity index is 1590. The summed E-state index contributed by atoms with van der Waals surface area (Å²) in [6, 6.07) is 4.49. The van der Waals surface area contributed by atoms with Crippen molar-refractivity contribution in [2.24, 2.45) is 0 Å². The van der Waals surface area contributed by atoms with Gasteiger partial charge >= 0.3 is 0 Å². The summed E-state index contributed by atoms with van der Waals surface area (Å²) in [6.45, 7) is 8.22. The van der Waals surface area contributed by atoms with Crippen LogP contribution >= 0.6 is 0 Å². The van der Waals surface area contributed by atoms with Gasteiger partial charge in [-0.25, -0.2) is 31.8 Å². The number of aliphatic hydroxyl groups is 2. The third-order valence-corrected chi connectivity index (χ3v) is 8.55. The van der Waals surface area contributed by atoms with E-state index in [1.54, 1.807) is 13.8 Å². The van der Waals surface area contributed by atoms with E-state index in [1.807, 2.05) is 4.90 Å². The Kier molecular flexibility index (Phi) is 8.50. The van der Waals surface area contributed by atoms with Gasteiger partial charge in [0, 0.05) is 47.5 Å². The van der Waals surface area contributed by atoms with Gasteiger partial charge in [-0.3, -0.25) is 4.90 Å². The molecule has 0 radical (unpaired) electrons. The minimum absolute atomic E-state index is 0.0861. The van der Waals surface area contributed by atoms with Crippen molar-refractivity contribution in [1.29, 1.82) is 0 Å². The van der Waals surface area contributed by atoms with Gasteiger partial charge in [0.05, 0.1) is 6.54 Å². The number of nitrogens with zero attached hydrogens (tertiary/aromatic N) is 7. The summed E-state index contributed by atoms with van der Waals surface area (Å²) in [5.41, 5.74) is -2.95. The van der Waals surface area contributed by atoms with E-state index in [4.69, 9.17) is 0 Å². The van der Waals surface area contributed by atoms with E-state index in [0.29, 0.717) is 19.2 Å². The molecule has 1 saturated heterocycles. The molecule has 2 N–H and O–H groups in total. The van der Waals surface area contributed by atoms with Crippen molar-refractivity contribution in [2.45, 2.75) is 63.1 Å². The summed E-state index contributed by atoms with van der Waals surface area (Å²) in [7, 11) is 0.